The van der Waals surface area contributed by atoms with E-state index < -0.39 is 0 Å². The number of rotatable bonds is 1. The average molecular weight is 293 g/mol. The van der Waals surface area contributed by atoms with E-state index in [0.717, 1.165) is 23.2 Å². The first-order valence-corrected chi connectivity index (χ1v) is 7.29. The molecule has 1 aliphatic heterocycles. The molecule has 1 amide bonds. The first kappa shape index (κ1) is 12.9. The third-order valence-corrected chi connectivity index (χ3v) is 4.15. The molecule has 3 aromatic heterocycles. The van der Waals surface area contributed by atoms with E-state index in [-0.39, 0.29) is 11.9 Å². The maximum Gasteiger partial charge on any atom is 0.290 e. The van der Waals surface area contributed by atoms with Crippen LogP contribution in [0.3, 0.4) is 0 Å². The number of pyridine rings is 2. The van der Waals surface area contributed by atoms with E-state index in [9.17, 15) is 4.79 Å². The van der Waals surface area contributed by atoms with Crippen LogP contribution in [-0.4, -0.2) is 37.3 Å². The molecule has 0 fully saturated rings. The van der Waals surface area contributed by atoms with Crippen molar-refractivity contribution in [3.63, 3.8) is 0 Å². The minimum Gasteiger partial charge on any atom is -0.332 e. The highest BCUT2D eigenvalue weighted by Crippen LogP contribution is 2.28. The third-order valence-electron chi connectivity index (χ3n) is 4.15. The summed E-state index contributed by atoms with van der Waals surface area (Å²) in [7, 11) is 0. The van der Waals surface area contributed by atoms with Crippen molar-refractivity contribution in [3.05, 3.63) is 53.7 Å². The summed E-state index contributed by atoms with van der Waals surface area (Å²) in [6.07, 6.45) is 4.24. The Balaban J connectivity index is 1.68. The molecule has 4 rings (SSSR count). The summed E-state index contributed by atoms with van der Waals surface area (Å²) < 4.78 is 0. The van der Waals surface area contributed by atoms with Crippen molar-refractivity contribution in [1.29, 1.82) is 0 Å². The predicted molar refractivity (Wildman–Crippen MR) is 81.3 cm³/mol. The molecule has 22 heavy (non-hydrogen) atoms. The molecule has 0 saturated heterocycles. The highest BCUT2D eigenvalue weighted by Gasteiger charge is 2.30. The van der Waals surface area contributed by atoms with Gasteiger partial charge in [0, 0.05) is 31.1 Å². The zero-order valence-corrected chi connectivity index (χ0v) is 12.2. The van der Waals surface area contributed by atoms with Gasteiger partial charge in [0.25, 0.3) is 5.91 Å². The fourth-order valence-electron chi connectivity index (χ4n) is 2.99. The lowest BCUT2D eigenvalue weighted by molar-refractivity contribution is 0.0665. The van der Waals surface area contributed by atoms with Gasteiger partial charge in [0.05, 0.1) is 11.6 Å². The van der Waals surface area contributed by atoms with E-state index in [4.69, 9.17) is 0 Å². The number of imidazole rings is 1. The molecule has 1 N–H and O–H groups in total. The van der Waals surface area contributed by atoms with Crippen LogP contribution in [0.25, 0.3) is 11.2 Å². The molecule has 4 heterocycles. The molecule has 1 aliphatic rings. The topological polar surface area (TPSA) is 74.8 Å². The summed E-state index contributed by atoms with van der Waals surface area (Å²) in [5.74, 6) is 0.243. The lowest BCUT2D eigenvalue weighted by Gasteiger charge is -2.34. The van der Waals surface area contributed by atoms with Crippen molar-refractivity contribution in [2.75, 3.05) is 6.54 Å². The van der Waals surface area contributed by atoms with Crippen molar-refractivity contribution >= 4 is 17.1 Å². The number of aromatic amines is 1. The summed E-state index contributed by atoms with van der Waals surface area (Å²) in [6.45, 7) is 2.67. The zero-order chi connectivity index (χ0) is 15.1. The molecule has 0 saturated carbocycles. The van der Waals surface area contributed by atoms with Gasteiger partial charge in [-0.25, -0.2) is 9.97 Å². The number of amides is 1. The van der Waals surface area contributed by atoms with Crippen molar-refractivity contribution in [2.45, 2.75) is 19.4 Å². The number of hydrogen-bond donors (Lipinski definition) is 1. The van der Waals surface area contributed by atoms with Gasteiger partial charge in [0.1, 0.15) is 0 Å². The first-order valence-electron chi connectivity index (χ1n) is 7.29. The average Bonchev–Trinajstić information content (AvgIpc) is 2.99. The number of hydrogen-bond acceptors (Lipinski definition) is 4. The summed E-state index contributed by atoms with van der Waals surface area (Å²) in [5, 5.41) is 0. The van der Waals surface area contributed by atoms with E-state index in [1.54, 1.807) is 12.4 Å². The summed E-state index contributed by atoms with van der Waals surface area (Å²) in [4.78, 5) is 30.5. The summed E-state index contributed by atoms with van der Waals surface area (Å²) in [6, 6.07) is 7.62. The predicted octanol–water partition coefficient (Wildman–Crippen LogP) is 2.11. The van der Waals surface area contributed by atoms with Crippen LogP contribution in [-0.2, 0) is 6.42 Å². The Morgan fingerprint density at radius 2 is 2.09 bits per heavy atom. The van der Waals surface area contributed by atoms with Gasteiger partial charge in [0.2, 0.25) is 0 Å². The number of nitrogens with one attached hydrogen (secondary N) is 1. The highest BCUT2D eigenvalue weighted by molar-refractivity contribution is 5.94. The maximum atomic E-state index is 12.8. The first-order chi connectivity index (χ1) is 10.7. The number of H-pyrrole nitrogens is 1. The molecule has 0 aliphatic carbocycles. The Morgan fingerprint density at radius 3 is 2.95 bits per heavy atom. The Hall–Kier alpha value is -2.76. The molecule has 0 spiro atoms. The van der Waals surface area contributed by atoms with Crippen LogP contribution in [0.4, 0.5) is 0 Å². The highest BCUT2D eigenvalue weighted by atomic mass is 16.2. The monoisotopic (exact) mass is 293 g/mol. The largest absolute Gasteiger partial charge is 0.332 e. The molecule has 6 nitrogen and oxygen atoms in total. The standard InChI is InChI=1S/C16H15N5O/c1-10-11-4-2-7-17-12(11)6-9-21(10)16(22)15-19-13-5-3-8-18-14(13)20-15/h2-5,7-8,10H,6,9H2,1H3,(H,18,19,20). The summed E-state index contributed by atoms with van der Waals surface area (Å²) >= 11 is 0. The van der Waals surface area contributed by atoms with Gasteiger partial charge in [-0.1, -0.05) is 6.07 Å². The molecule has 0 aromatic carbocycles. The van der Waals surface area contributed by atoms with Crippen LogP contribution in [0.2, 0.25) is 0 Å². The van der Waals surface area contributed by atoms with Gasteiger partial charge in [-0.15, -0.1) is 0 Å². The molecule has 3 aromatic rings. The molecule has 1 unspecified atom stereocenters. The van der Waals surface area contributed by atoms with Crippen LogP contribution in [0.5, 0.6) is 0 Å². The molecule has 1 atom stereocenters. The number of carbonyl (C=O) groups is 1. The third kappa shape index (κ3) is 1.95. The number of aromatic nitrogens is 4. The smallest absolute Gasteiger partial charge is 0.290 e. The van der Waals surface area contributed by atoms with Crippen molar-refractivity contribution < 1.29 is 4.79 Å². The molecule has 110 valence electrons. The van der Waals surface area contributed by atoms with Gasteiger partial charge >= 0.3 is 0 Å². The molecular weight excluding hydrogens is 278 g/mol. The van der Waals surface area contributed by atoms with Gasteiger partial charge in [-0.3, -0.25) is 9.78 Å². The molecule has 0 bridgehead atoms. The molecular formula is C16H15N5O. The minimum atomic E-state index is -0.0972. The van der Waals surface area contributed by atoms with Crippen molar-refractivity contribution in [1.82, 2.24) is 24.8 Å². The maximum absolute atomic E-state index is 12.8. The Bertz CT molecular complexity index is 823. The second kappa shape index (κ2) is 4.91. The quantitative estimate of drug-likeness (QED) is 0.745. The summed E-state index contributed by atoms with van der Waals surface area (Å²) in [5.41, 5.74) is 3.52. The van der Waals surface area contributed by atoms with E-state index in [1.807, 2.05) is 36.1 Å². The van der Waals surface area contributed by atoms with Crippen LogP contribution >= 0.6 is 0 Å². The fourth-order valence-corrected chi connectivity index (χ4v) is 2.99. The molecule has 0 radical (unpaired) electrons. The van der Waals surface area contributed by atoms with Crippen LogP contribution in [0.15, 0.2) is 36.7 Å². The zero-order valence-electron chi connectivity index (χ0n) is 12.2. The number of fused-ring (bicyclic) bond motifs is 2. The Kier molecular flexibility index (Phi) is 2.89. The van der Waals surface area contributed by atoms with Gasteiger partial charge in [0.15, 0.2) is 11.5 Å². The van der Waals surface area contributed by atoms with E-state index in [0.29, 0.717) is 18.0 Å². The van der Waals surface area contributed by atoms with Crippen LogP contribution < -0.4 is 0 Å². The SMILES string of the molecule is CC1c2cccnc2CCN1C(=O)c1nc2ncccc2[nH]1. The van der Waals surface area contributed by atoms with Gasteiger partial charge in [-0.2, -0.15) is 0 Å². The van der Waals surface area contributed by atoms with Crippen LogP contribution in [0, 0.1) is 0 Å². The lowest BCUT2D eigenvalue weighted by atomic mass is 9.98. The van der Waals surface area contributed by atoms with E-state index in [2.05, 4.69) is 19.9 Å². The Morgan fingerprint density at radius 1 is 1.27 bits per heavy atom. The second-order valence-electron chi connectivity index (χ2n) is 5.42. The van der Waals surface area contributed by atoms with Crippen LogP contribution in [0.1, 0.15) is 34.8 Å². The normalized spacial score (nSPS) is 17.5. The Labute approximate surface area is 127 Å². The van der Waals surface area contributed by atoms with E-state index in [1.165, 1.54) is 0 Å². The van der Waals surface area contributed by atoms with Crippen molar-refractivity contribution in [3.8, 4) is 0 Å². The van der Waals surface area contributed by atoms with E-state index >= 15 is 0 Å². The lowest BCUT2D eigenvalue weighted by Crippen LogP contribution is -2.39. The van der Waals surface area contributed by atoms with Gasteiger partial charge in [-0.05, 0) is 30.7 Å². The van der Waals surface area contributed by atoms with Gasteiger partial charge < -0.3 is 9.88 Å². The fraction of sp³-hybridized carbons (Fsp3) is 0.250. The minimum absolute atomic E-state index is 0.00822. The second-order valence-corrected chi connectivity index (χ2v) is 5.42. The van der Waals surface area contributed by atoms with Crippen molar-refractivity contribution in [2.24, 2.45) is 0 Å². The number of carbonyl (C=O) groups excluding carboxylic acids is 1. The number of nitrogens with zero attached hydrogens (tertiary/aromatic N) is 4. The molecule has 6 heteroatoms.